The molecule has 16 heavy (non-hydrogen) atoms. The molecule has 0 aromatic heterocycles. The molecule has 0 amide bonds. The second-order valence-electron chi connectivity index (χ2n) is 3.38. The minimum absolute atomic E-state index is 0.505. The molecule has 0 saturated heterocycles. The number of ether oxygens (including phenoxy) is 1. The van der Waals surface area contributed by atoms with Crippen molar-refractivity contribution in [1.29, 1.82) is 0 Å². The molecule has 1 aromatic rings. The van der Waals surface area contributed by atoms with Crippen molar-refractivity contribution in [2.45, 2.75) is 17.9 Å². The van der Waals surface area contributed by atoms with Crippen LogP contribution in [-0.4, -0.2) is 24.4 Å². The lowest BCUT2D eigenvalue weighted by atomic mass is 10.0. The van der Waals surface area contributed by atoms with Gasteiger partial charge in [-0.3, -0.25) is 4.79 Å². The maximum absolute atomic E-state index is 10.9. The topological polar surface area (TPSA) is 72.5 Å². The Hall–Kier alpha value is -1.20. The lowest BCUT2D eigenvalue weighted by Crippen LogP contribution is -2.21. The lowest BCUT2D eigenvalue weighted by Gasteiger charge is -2.15. The van der Waals surface area contributed by atoms with E-state index < -0.39 is 12.0 Å². The van der Waals surface area contributed by atoms with Crippen molar-refractivity contribution >= 4 is 17.7 Å². The van der Waals surface area contributed by atoms with Gasteiger partial charge in [-0.2, -0.15) is 0 Å². The minimum atomic E-state index is -1.06. The Kier molecular flexibility index (Phi) is 4.20. The normalized spacial score (nSPS) is 12.2. The molecule has 5 heteroatoms. The van der Waals surface area contributed by atoms with Crippen molar-refractivity contribution in [1.82, 2.24) is 0 Å². The van der Waals surface area contributed by atoms with Crippen molar-refractivity contribution in [3.63, 3.8) is 0 Å². The summed E-state index contributed by atoms with van der Waals surface area (Å²) in [5.41, 5.74) is 7.15. The molecular formula is C11H15NO3S. The van der Waals surface area contributed by atoms with Crippen LogP contribution < -0.4 is 10.5 Å². The summed E-state index contributed by atoms with van der Waals surface area (Å²) in [6.07, 6.45) is 1.94. The molecule has 0 radical (unpaired) electrons. The van der Waals surface area contributed by atoms with Gasteiger partial charge in [-0.15, -0.1) is 11.8 Å². The third kappa shape index (κ3) is 2.48. The fourth-order valence-corrected chi connectivity index (χ4v) is 2.08. The van der Waals surface area contributed by atoms with Crippen LogP contribution in [0.1, 0.15) is 17.2 Å². The maximum Gasteiger partial charge on any atom is 0.325 e. The molecule has 0 fully saturated rings. The van der Waals surface area contributed by atoms with Crippen LogP contribution in [0.25, 0.3) is 0 Å². The summed E-state index contributed by atoms with van der Waals surface area (Å²) in [6, 6.07) is 2.53. The number of hydrogen-bond acceptors (Lipinski definition) is 4. The number of aliphatic carboxylic acids is 1. The molecule has 0 aliphatic carbocycles. The summed E-state index contributed by atoms with van der Waals surface area (Å²) >= 11 is 1.55. The first-order valence-electron chi connectivity index (χ1n) is 4.72. The first kappa shape index (κ1) is 12.9. The van der Waals surface area contributed by atoms with E-state index in [9.17, 15) is 4.79 Å². The molecule has 0 spiro atoms. The van der Waals surface area contributed by atoms with Gasteiger partial charge in [0.15, 0.2) is 0 Å². The highest BCUT2D eigenvalue weighted by Gasteiger charge is 2.20. The van der Waals surface area contributed by atoms with Gasteiger partial charge in [0.05, 0.1) is 7.11 Å². The van der Waals surface area contributed by atoms with Crippen LogP contribution in [0.4, 0.5) is 0 Å². The molecule has 3 N–H and O–H groups in total. The summed E-state index contributed by atoms with van der Waals surface area (Å²) in [5.74, 6) is -0.542. The number of carboxylic acids is 1. The third-order valence-electron chi connectivity index (χ3n) is 2.35. The number of thioether (sulfide) groups is 1. The average Bonchev–Trinajstić information content (AvgIpc) is 2.27. The van der Waals surface area contributed by atoms with Crippen molar-refractivity contribution in [3.8, 4) is 5.75 Å². The Balaban J connectivity index is 3.29. The van der Waals surface area contributed by atoms with Crippen LogP contribution in [0.3, 0.4) is 0 Å². The van der Waals surface area contributed by atoms with E-state index in [-0.39, 0.29) is 0 Å². The van der Waals surface area contributed by atoms with Gasteiger partial charge in [-0.1, -0.05) is 0 Å². The van der Waals surface area contributed by atoms with Crippen molar-refractivity contribution < 1.29 is 14.6 Å². The van der Waals surface area contributed by atoms with Crippen LogP contribution in [0, 0.1) is 6.92 Å². The number of carboxylic acid groups (broad SMARTS) is 1. The predicted octanol–water partition coefficient (Wildman–Crippen LogP) is 1.81. The number of rotatable bonds is 4. The van der Waals surface area contributed by atoms with Gasteiger partial charge in [0.2, 0.25) is 0 Å². The number of benzene rings is 1. The standard InChI is InChI=1S/C11H15NO3S/c1-6-4-8(15-2)7(5-9(6)16-3)10(12)11(13)14/h4-5,10H,12H2,1-3H3,(H,13,14). The highest BCUT2D eigenvalue weighted by Crippen LogP contribution is 2.31. The van der Waals surface area contributed by atoms with Crippen LogP contribution >= 0.6 is 11.8 Å². The largest absolute Gasteiger partial charge is 0.496 e. The first-order chi connectivity index (χ1) is 7.51. The number of carbonyl (C=O) groups is 1. The zero-order chi connectivity index (χ0) is 12.3. The molecule has 0 saturated carbocycles. The maximum atomic E-state index is 10.9. The van der Waals surface area contributed by atoms with Gasteiger partial charge in [-0.25, -0.2) is 0 Å². The lowest BCUT2D eigenvalue weighted by molar-refractivity contribution is -0.138. The van der Waals surface area contributed by atoms with Gasteiger partial charge >= 0.3 is 5.97 Å². The number of nitrogens with two attached hydrogens (primary N) is 1. The quantitative estimate of drug-likeness (QED) is 0.786. The zero-order valence-corrected chi connectivity index (χ0v) is 10.3. The zero-order valence-electron chi connectivity index (χ0n) is 9.48. The molecular weight excluding hydrogens is 226 g/mol. The van der Waals surface area contributed by atoms with E-state index >= 15 is 0 Å². The van der Waals surface area contributed by atoms with E-state index in [1.54, 1.807) is 17.8 Å². The summed E-state index contributed by atoms with van der Waals surface area (Å²) in [4.78, 5) is 11.9. The van der Waals surface area contributed by atoms with Gasteiger partial charge < -0.3 is 15.6 Å². The van der Waals surface area contributed by atoms with E-state index in [0.29, 0.717) is 11.3 Å². The molecule has 0 bridgehead atoms. The Morgan fingerprint density at radius 1 is 1.56 bits per heavy atom. The molecule has 88 valence electrons. The fourth-order valence-electron chi connectivity index (χ4n) is 1.45. The summed E-state index contributed by atoms with van der Waals surface area (Å²) in [6.45, 7) is 1.95. The van der Waals surface area contributed by atoms with E-state index in [4.69, 9.17) is 15.6 Å². The molecule has 1 aromatic carbocycles. The van der Waals surface area contributed by atoms with E-state index in [0.717, 1.165) is 10.5 Å². The molecule has 0 aliphatic rings. The molecule has 0 aliphatic heterocycles. The van der Waals surface area contributed by atoms with Crippen LogP contribution in [0.15, 0.2) is 17.0 Å². The Morgan fingerprint density at radius 3 is 2.62 bits per heavy atom. The van der Waals surface area contributed by atoms with Crippen molar-refractivity contribution in [2.75, 3.05) is 13.4 Å². The van der Waals surface area contributed by atoms with Crippen LogP contribution in [0.5, 0.6) is 5.75 Å². The highest BCUT2D eigenvalue weighted by molar-refractivity contribution is 7.98. The fraction of sp³-hybridized carbons (Fsp3) is 0.364. The minimum Gasteiger partial charge on any atom is -0.496 e. The Bertz CT molecular complexity index is 406. The highest BCUT2D eigenvalue weighted by atomic mass is 32.2. The third-order valence-corrected chi connectivity index (χ3v) is 3.23. The predicted molar refractivity (Wildman–Crippen MR) is 64.1 cm³/mol. The molecule has 4 nitrogen and oxygen atoms in total. The second kappa shape index (κ2) is 5.23. The van der Waals surface area contributed by atoms with Crippen molar-refractivity contribution in [3.05, 3.63) is 23.3 Å². The Labute approximate surface area is 98.8 Å². The second-order valence-corrected chi connectivity index (χ2v) is 4.23. The van der Waals surface area contributed by atoms with Gasteiger partial charge in [0, 0.05) is 10.5 Å². The number of aryl methyl sites for hydroxylation is 1. The smallest absolute Gasteiger partial charge is 0.325 e. The molecule has 1 atom stereocenters. The van der Waals surface area contributed by atoms with Crippen LogP contribution in [0.2, 0.25) is 0 Å². The Morgan fingerprint density at radius 2 is 2.19 bits per heavy atom. The average molecular weight is 241 g/mol. The van der Waals surface area contributed by atoms with E-state index in [2.05, 4.69) is 0 Å². The number of methoxy groups -OCH3 is 1. The van der Waals surface area contributed by atoms with Gasteiger partial charge in [-0.05, 0) is 30.9 Å². The molecule has 1 rings (SSSR count). The molecule has 1 unspecified atom stereocenters. The summed E-state index contributed by atoms with van der Waals surface area (Å²) in [5, 5.41) is 8.90. The monoisotopic (exact) mass is 241 g/mol. The van der Waals surface area contributed by atoms with Gasteiger partial charge in [0.1, 0.15) is 11.8 Å². The number of hydrogen-bond donors (Lipinski definition) is 2. The van der Waals surface area contributed by atoms with Crippen LogP contribution in [-0.2, 0) is 4.79 Å². The molecule has 0 heterocycles. The SMILES string of the molecule is COc1cc(C)c(SC)cc1C(N)C(=O)O. The van der Waals surface area contributed by atoms with E-state index in [1.165, 1.54) is 7.11 Å². The van der Waals surface area contributed by atoms with E-state index in [1.807, 2.05) is 19.2 Å². The van der Waals surface area contributed by atoms with Crippen molar-refractivity contribution in [2.24, 2.45) is 5.73 Å². The first-order valence-corrected chi connectivity index (χ1v) is 5.94. The summed E-state index contributed by atoms with van der Waals surface area (Å²) < 4.78 is 5.14. The summed E-state index contributed by atoms with van der Waals surface area (Å²) in [7, 11) is 1.51. The van der Waals surface area contributed by atoms with Gasteiger partial charge in [0.25, 0.3) is 0 Å².